The van der Waals surface area contributed by atoms with E-state index < -0.39 is 0 Å². The van der Waals surface area contributed by atoms with E-state index in [2.05, 4.69) is 27.6 Å². The molecule has 1 N–H and O–H groups in total. The maximum absolute atomic E-state index is 12.1. The summed E-state index contributed by atoms with van der Waals surface area (Å²) in [7, 11) is 1.90. The first kappa shape index (κ1) is 16.0. The molecule has 24 heavy (non-hydrogen) atoms. The van der Waals surface area contributed by atoms with E-state index in [0.29, 0.717) is 19.4 Å². The lowest BCUT2D eigenvalue weighted by molar-refractivity contribution is -0.116. The minimum atomic E-state index is -0.0162. The zero-order valence-corrected chi connectivity index (χ0v) is 13.9. The molecular formula is C18H21N5O. The molecule has 6 heteroatoms. The Labute approximate surface area is 141 Å². The largest absolute Gasteiger partial charge is 0.323 e. The lowest BCUT2D eigenvalue weighted by atomic mass is 10.1. The normalized spacial score (nSPS) is 10.8. The highest BCUT2D eigenvalue weighted by molar-refractivity contribution is 5.90. The maximum Gasteiger partial charge on any atom is 0.224 e. The van der Waals surface area contributed by atoms with Gasteiger partial charge in [-0.2, -0.15) is 10.2 Å². The quantitative estimate of drug-likeness (QED) is 0.758. The molecule has 6 nitrogen and oxygen atoms in total. The van der Waals surface area contributed by atoms with Gasteiger partial charge in [0, 0.05) is 25.4 Å². The van der Waals surface area contributed by atoms with Gasteiger partial charge >= 0.3 is 0 Å². The van der Waals surface area contributed by atoms with E-state index >= 15 is 0 Å². The highest BCUT2D eigenvalue weighted by Crippen LogP contribution is 2.11. The van der Waals surface area contributed by atoms with Crippen LogP contribution in [0.2, 0.25) is 0 Å². The summed E-state index contributed by atoms with van der Waals surface area (Å²) in [6.07, 6.45) is 6.46. The number of hydrogen-bond acceptors (Lipinski definition) is 3. The van der Waals surface area contributed by atoms with E-state index in [4.69, 9.17) is 0 Å². The third-order valence-corrected chi connectivity index (χ3v) is 4.06. The Morgan fingerprint density at radius 2 is 1.96 bits per heavy atom. The van der Waals surface area contributed by atoms with Crippen molar-refractivity contribution in [1.29, 1.82) is 0 Å². The lowest BCUT2D eigenvalue weighted by Crippen LogP contribution is -2.12. The minimum absolute atomic E-state index is 0.0162. The van der Waals surface area contributed by atoms with E-state index in [-0.39, 0.29) is 5.91 Å². The van der Waals surface area contributed by atoms with Gasteiger partial charge in [-0.1, -0.05) is 30.3 Å². The monoisotopic (exact) mass is 323 g/mol. The van der Waals surface area contributed by atoms with Crippen molar-refractivity contribution in [2.75, 3.05) is 5.32 Å². The second-order valence-corrected chi connectivity index (χ2v) is 5.84. The van der Waals surface area contributed by atoms with Crippen molar-refractivity contribution in [1.82, 2.24) is 19.6 Å². The van der Waals surface area contributed by atoms with Crippen LogP contribution in [-0.4, -0.2) is 25.5 Å². The van der Waals surface area contributed by atoms with Crippen LogP contribution in [0.4, 0.5) is 5.69 Å². The van der Waals surface area contributed by atoms with Crippen molar-refractivity contribution in [2.24, 2.45) is 7.05 Å². The Morgan fingerprint density at radius 3 is 2.67 bits per heavy atom. The van der Waals surface area contributed by atoms with Gasteiger partial charge in [0.2, 0.25) is 5.91 Å². The van der Waals surface area contributed by atoms with Gasteiger partial charge in [0.05, 0.1) is 24.6 Å². The van der Waals surface area contributed by atoms with Crippen LogP contribution in [-0.2, 0) is 24.8 Å². The number of benzene rings is 1. The fourth-order valence-electron chi connectivity index (χ4n) is 2.55. The number of aryl methyl sites for hydroxylation is 2. The van der Waals surface area contributed by atoms with E-state index in [1.807, 2.05) is 53.9 Å². The molecule has 1 amide bonds. The minimum Gasteiger partial charge on any atom is -0.323 e. The molecule has 2 aromatic heterocycles. The molecule has 0 aliphatic carbocycles. The van der Waals surface area contributed by atoms with Crippen LogP contribution < -0.4 is 5.32 Å². The van der Waals surface area contributed by atoms with Crippen LogP contribution in [0.3, 0.4) is 0 Å². The molecule has 0 radical (unpaired) electrons. The van der Waals surface area contributed by atoms with Gasteiger partial charge in [0.15, 0.2) is 0 Å². The first-order valence-corrected chi connectivity index (χ1v) is 7.95. The Balaban J connectivity index is 1.52. The summed E-state index contributed by atoms with van der Waals surface area (Å²) in [5, 5.41) is 11.4. The predicted octanol–water partition coefficient (Wildman–Crippen LogP) is 2.54. The fraction of sp³-hybridized carbons (Fsp3) is 0.278. The third-order valence-electron chi connectivity index (χ3n) is 4.06. The Morgan fingerprint density at radius 1 is 1.17 bits per heavy atom. The second kappa shape index (κ2) is 7.12. The first-order valence-electron chi connectivity index (χ1n) is 7.95. The SMILES string of the molecule is Cc1c(CCC(=O)Nc2cnn(Cc3ccccc3)c2)cnn1C. The Hall–Kier alpha value is -2.89. The van der Waals surface area contributed by atoms with E-state index in [1.54, 1.807) is 6.20 Å². The Kier molecular flexibility index (Phi) is 4.74. The van der Waals surface area contributed by atoms with Gasteiger partial charge in [-0.05, 0) is 24.5 Å². The average molecular weight is 323 g/mol. The van der Waals surface area contributed by atoms with Crippen LogP contribution in [0.1, 0.15) is 23.2 Å². The summed E-state index contributed by atoms with van der Waals surface area (Å²) >= 11 is 0. The zero-order valence-electron chi connectivity index (χ0n) is 13.9. The number of nitrogens with zero attached hydrogens (tertiary/aromatic N) is 4. The van der Waals surface area contributed by atoms with Crippen molar-refractivity contribution in [3.05, 3.63) is 65.7 Å². The molecule has 0 fully saturated rings. The van der Waals surface area contributed by atoms with Gasteiger partial charge in [-0.15, -0.1) is 0 Å². The Bertz CT molecular complexity index is 819. The molecule has 0 saturated carbocycles. The van der Waals surface area contributed by atoms with Gasteiger partial charge in [0.25, 0.3) is 0 Å². The summed E-state index contributed by atoms with van der Waals surface area (Å²) in [5.74, 6) is -0.0162. The fourth-order valence-corrected chi connectivity index (χ4v) is 2.55. The summed E-state index contributed by atoms with van der Waals surface area (Å²) in [4.78, 5) is 12.1. The molecule has 0 unspecified atom stereocenters. The summed E-state index contributed by atoms with van der Waals surface area (Å²) in [6.45, 7) is 2.69. The number of anilines is 1. The van der Waals surface area contributed by atoms with Crippen LogP contribution in [0.5, 0.6) is 0 Å². The molecule has 0 bridgehead atoms. The molecule has 0 aliphatic rings. The summed E-state index contributed by atoms with van der Waals surface area (Å²) in [5.41, 5.74) is 4.09. The highest BCUT2D eigenvalue weighted by atomic mass is 16.1. The van der Waals surface area contributed by atoms with Crippen molar-refractivity contribution < 1.29 is 4.79 Å². The first-order chi connectivity index (χ1) is 11.6. The average Bonchev–Trinajstić information content (AvgIpc) is 3.14. The van der Waals surface area contributed by atoms with Crippen LogP contribution in [0, 0.1) is 6.92 Å². The molecule has 0 spiro atoms. The van der Waals surface area contributed by atoms with Gasteiger partial charge < -0.3 is 5.32 Å². The van der Waals surface area contributed by atoms with Crippen molar-refractivity contribution in [3.63, 3.8) is 0 Å². The summed E-state index contributed by atoms with van der Waals surface area (Å²) < 4.78 is 3.64. The smallest absolute Gasteiger partial charge is 0.224 e. The molecule has 3 aromatic rings. The van der Waals surface area contributed by atoms with Gasteiger partial charge in [-0.3, -0.25) is 14.2 Å². The number of nitrogens with one attached hydrogen (secondary N) is 1. The summed E-state index contributed by atoms with van der Waals surface area (Å²) in [6, 6.07) is 10.1. The van der Waals surface area contributed by atoms with Gasteiger partial charge in [-0.25, -0.2) is 0 Å². The second-order valence-electron chi connectivity index (χ2n) is 5.84. The molecule has 1 aromatic carbocycles. The van der Waals surface area contributed by atoms with Gasteiger partial charge in [0.1, 0.15) is 0 Å². The number of amides is 1. The number of rotatable bonds is 6. The lowest BCUT2D eigenvalue weighted by Gasteiger charge is -2.03. The van der Waals surface area contributed by atoms with E-state index in [9.17, 15) is 4.79 Å². The zero-order chi connectivity index (χ0) is 16.9. The van der Waals surface area contributed by atoms with Crippen LogP contribution in [0.25, 0.3) is 0 Å². The third kappa shape index (κ3) is 3.90. The number of carbonyl (C=O) groups is 1. The van der Waals surface area contributed by atoms with E-state index in [0.717, 1.165) is 16.9 Å². The molecule has 0 atom stereocenters. The van der Waals surface area contributed by atoms with Crippen LogP contribution in [0.15, 0.2) is 48.9 Å². The molecule has 2 heterocycles. The number of aromatic nitrogens is 4. The molecule has 3 rings (SSSR count). The standard InChI is InChI=1S/C18H21N5O/c1-14-16(10-19-22(14)2)8-9-18(24)21-17-11-20-23(13-17)12-15-6-4-3-5-7-15/h3-7,10-11,13H,8-9,12H2,1-2H3,(H,21,24). The van der Waals surface area contributed by atoms with Crippen LogP contribution >= 0.6 is 0 Å². The van der Waals surface area contributed by atoms with Crippen molar-refractivity contribution in [2.45, 2.75) is 26.3 Å². The molecule has 0 aliphatic heterocycles. The molecule has 0 saturated heterocycles. The maximum atomic E-state index is 12.1. The predicted molar refractivity (Wildman–Crippen MR) is 92.7 cm³/mol. The molecule has 124 valence electrons. The van der Waals surface area contributed by atoms with E-state index in [1.165, 1.54) is 5.56 Å². The topological polar surface area (TPSA) is 64.7 Å². The number of carbonyl (C=O) groups excluding carboxylic acids is 1. The van der Waals surface area contributed by atoms with Crippen molar-refractivity contribution in [3.8, 4) is 0 Å². The molecular weight excluding hydrogens is 302 g/mol. The highest BCUT2D eigenvalue weighted by Gasteiger charge is 2.09. The number of hydrogen-bond donors (Lipinski definition) is 1. The van der Waals surface area contributed by atoms with Crippen molar-refractivity contribution >= 4 is 11.6 Å².